The summed E-state index contributed by atoms with van der Waals surface area (Å²) >= 11 is 0. The molecule has 0 bridgehead atoms. The Bertz CT molecular complexity index is 758. The molecule has 0 atom stereocenters. The summed E-state index contributed by atoms with van der Waals surface area (Å²) in [4.78, 5) is 17.2. The molecular weight excluding hydrogens is 347 g/mol. The van der Waals surface area contributed by atoms with E-state index in [0.29, 0.717) is 13.1 Å². The van der Waals surface area contributed by atoms with Crippen molar-refractivity contribution in [3.05, 3.63) is 24.3 Å². The molecule has 2 fully saturated rings. The van der Waals surface area contributed by atoms with Crippen LogP contribution in [0.5, 0.6) is 0 Å². The lowest BCUT2D eigenvalue weighted by molar-refractivity contribution is -0.167. The fourth-order valence-corrected chi connectivity index (χ4v) is 3.72. The average Bonchev–Trinajstić information content (AvgIpc) is 3.00. The van der Waals surface area contributed by atoms with Gasteiger partial charge in [0, 0.05) is 26.2 Å². The van der Waals surface area contributed by atoms with Crippen LogP contribution in [0.15, 0.2) is 24.3 Å². The summed E-state index contributed by atoms with van der Waals surface area (Å²) in [6.07, 6.45) is -2.69. The molecule has 0 radical (unpaired) electrons. The van der Waals surface area contributed by atoms with Gasteiger partial charge in [0.05, 0.1) is 18.5 Å². The first-order valence-electron chi connectivity index (χ1n) is 8.78. The number of carbonyl (C=O) groups excluding carboxylic acids is 1. The van der Waals surface area contributed by atoms with Gasteiger partial charge in [-0.1, -0.05) is 12.1 Å². The van der Waals surface area contributed by atoms with Gasteiger partial charge in [-0.15, -0.1) is 0 Å². The van der Waals surface area contributed by atoms with Crippen molar-refractivity contribution in [3.63, 3.8) is 0 Å². The summed E-state index contributed by atoms with van der Waals surface area (Å²) < 4.78 is 37.0. The van der Waals surface area contributed by atoms with E-state index in [1.807, 2.05) is 24.3 Å². The van der Waals surface area contributed by atoms with Gasteiger partial charge in [-0.25, -0.2) is 0 Å². The Balaban J connectivity index is 1.29. The van der Waals surface area contributed by atoms with Gasteiger partial charge in [0.15, 0.2) is 0 Å². The molecule has 3 heterocycles. The highest BCUT2D eigenvalue weighted by Crippen LogP contribution is 2.27. The molecule has 9 heteroatoms. The van der Waals surface area contributed by atoms with Crippen LogP contribution >= 0.6 is 0 Å². The van der Waals surface area contributed by atoms with Crippen LogP contribution < -0.4 is 0 Å². The zero-order valence-electron chi connectivity index (χ0n) is 14.2. The van der Waals surface area contributed by atoms with Crippen molar-refractivity contribution in [2.45, 2.75) is 25.1 Å². The predicted octanol–water partition coefficient (Wildman–Crippen LogP) is 2.09. The van der Waals surface area contributed by atoms with E-state index in [-0.39, 0.29) is 31.0 Å². The van der Waals surface area contributed by atoms with Crippen LogP contribution in [0.25, 0.3) is 11.0 Å². The monoisotopic (exact) mass is 367 g/mol. The Labute approximate surface area is 148 Å². The smallest absolute Gasteiger partial charge is 0.342 e. The highest BCUT2D eigenvalue weighted by atomic mass is 19.4. The zero-order chi connectivity index (χ0) is 18.3. The summed E-state index contributed by atoms with van der Waals surface area (Å²) in [5.74, 6) is -0.334. The van der Waals surface area contributed by atoms with E-state index in [1.165, 1.54) is 4.90 Å². The largest absolute Gasteiger partial charge is 0.401 e. The van der Waals surface area contributed by atoms with Gasteiger partial charge in [-0.05, 0) is 25.0 Å². The number of likely N-dealkylation sites (tertiary alicyclic amines) is 2. The second kappa shape index (κ2) is 6.53. The average molecular weight is 367 g/mol. The van der Waals surface area contributed by atoms with Gasteiger partial charge in [-0.2, -0.15) is 28.2 Å². The first kappa shape index (κ1) is 17.3. The van der Waals surface area contributed by atoms with Crippen LogP contribution in [0, 0.1) is 5.92 Å². The van der Waals surface area contributed by atoms with E-state index in [0.717, 1.165) is 23.9 Å². The molecule has 4 rings (SSSR count). The van der Waals surface area contributed by atoms with E-state index in [4.69, 9.17) is 0 Å². The summed E-state index contributed by atoms with van der Waals surface area (Å²) in [6, 6.07) is 7.82. The lowest BCUT2D eigenvalue weighted by atomic mass is 9.96. The quantitative estimate of drug-likeness (QED) is 0.834. The van der Waals surface area contributed by atoms with Crippen LogP contribution in [0.1, 0.15) is 18.9 Å². The third kappa shape index (κ3) is 3.53. The van der Waals surface area contributed by atoms with E-state index in [9.17, 15) is 18.0 Å². The number of fused-ring (bicyclic) bond motifs is 1. The minimum atomic E-state index is -4.20. The Kier molecular flexibility index (Phi) is 4.34. The van der Waals surface area contributed by atoms with E-state index in [2.05, 4.69) is 10.2 Å². The highest BCUT2D eigenvalue weighted by Gasteiger charge is 2.41. The van der Waals surface area contributed by atoms with Crippen LogP contribution in [0.4, 0.5) is 13.2 Å². The molecule has 2 saturated heterocycles. The van der Waals surface area contributed by atoms with Crippen molar-refractivity contribution in [1.29, 1.82) is 0 Å². The van der Waals surface area contributed by atoms with Crippen molar-refractivity contribution in [2.24, 2.45) is 5.92 Å². The van der Waals surface area contributed by atoms with Crippen LogP contribution in [0.2, 0.25) is 0 Å². The second-order valence-corrected chi connectivity index (χ2v) is 7.07. The third-order valence-corrected chi connectivity index (χ3v) is 5.11. The Morgan fingerprint density at radius 1 is 1.08 bits per heavy atom. The number of hydrogen-bond donors (Lipinski definition) is 0. The number of halogens is 3. The number of benzene rings is 1. The topological polar surface area (TPSA) is 54.3 Å². The van der Waals surface area contributed by atoms with Gasteiger partial charge >= 0.3 is 6.18 Å². The normalized spacial score (nSPS) is 20.5. The highest BCUT2D eigenvalue weighted by molar-refractivity contribution is 5.80. The molecule has 140 valence electrons. The molecule has 0 saturated carbocycles. The number of rotatable bonds is 3. The molecular formula is C17H20F3N5O. The molecule has 0 unspecified atom stereocenters. The van der Waals surface area contributed by atoms with E-state index >= 15 is 0 Å². The molecule has 0 N–H and O–H groups in total. The molecule has 1 amide bonds. The van der Waals surface area contributed by atoms with Crippen molar-refractivity contribution in [3.8, 4) is 0 Å². The van der Waals surface area contributed by atoms with Gasteiger partial charge in [-0.3, -0.25) is 9.69 Å². The summed E-state index contributed by atoms with van der Waals surface area (Å²) in [5, 5.41) is 9.00. The maximum atomic E-state index is 12.5. The minimum Gasteiger partial charge on any atom is -0.342 e. The van der Waals surface area contributed by atoms with Crippen LogP contribution in [-0.2, 0) is 4.79 Å². The maximum absolute atomic E-state index is 12.5. The van der Waals surface area contributed by atoms with Crippen molar-refractivity contribution in [1.82, 2.24) is 24.8 Å². The van der Waals surface area contributed by atoms with Gasteiger partial charge in [0.25, 0.3) is 0 Å². The molecule has 1 aromatic carbocycles. The Morgan fingerprint density at radius 3 is 2.19 bits per heavy atom. The number of piperidine rings is 1. The van der Waals surface area contributed by atoms with Crippen LogP contribution in [-0.4, -0.2) is 69.6 Å². The number of carbonyl (C=O) groups is 1. The Morgan fingerprint density at radius 2 is 1.65 bits per heavy atom. The number of aromatic nitrogens is 3. The number of nitrogens with zero attached hydrogens (tertiary/aromatic N) is 5. The van der Waals surface area contributed by atoms with Crippen molar-refractivity contribution < 1.29 is 18.0 Å². The summed E-state index contributed by atoms with van der Waals surface area (Å²) in [7, 11) is 0. The number of hydrogen-bond acceptors (Lipinski definition) is 4. The fraction of sp³-hybridized carbons (Fsp3) is 0.588. The molecule has 26 heavy (non-hydrogen) atoms. The second-order valence-electron chi connectivity index (χ2n) is 7.07. The summed E-state index contributed by atoms with van der Waals surface area (Å²) in [6.45, 7) is 0.653. The molecule has 6 nitrogen and oxygen atoms in total. The lowest BCUT2D eigenvalue weighted by Gasteiger charge is -2.42. The zero-order valence-corrected chi connectivity index (χ0v) is 14.2. The molecule has 0 spiro atoms. The standard InChI is InChI=1S/C17H20F3N5O/c18-17(19,20)11-23-9-12(10-23)16(26)24-7-5-13(6-8-24)25-21-14-3-1-2-4-15(14)22-25/h1-4,12-13H,5-11H2. The van der Waals surface area contributed by atoms with Gasteiger partial charge in [0.1, 0.15) is 11.0 Å². The van der Waals surface area contributed by atoms with Gasteiger partial charge in [0.2, 0.25) is 5.91 Å². The maximum Gasteiger partial charge on any atom is 0.401 e. The van der Waals surface area contributed by atoms with Crippen LogP contribution in [0.3, 0.4) is 0 Å². The number of alkyl halides is 3. The van der Waals surface area contributed by atoms with E-state index in [1.54, 1.807) is 9.70 Å². The molecule has 1 aromatic heterocycles. The Hall–Kier alpha value is -2.16. The SMILES string of the molecule is O=C(C1CN(CC(F)(F)F)C1)N1CCC(n2nc3ccccc3n2)CC1. The van der Waals surface area contributed by atoms with Crippen molar-refractivity contribution >= 4 is 16.9 Å². The molecule has 2 aliphatic heterocycles. The molecule has 2 aromatic rings. The lowest BCUT2D eigenvalue weighted by Crippen LogP contribution is -2.57. The fourth-order valence-electron chi connectivity index (χ4n) is 3.72. The molecule has 2 aliphatic rings. The first-order chi connectivity index (χ1) is 12.4. The minimum absolute atomic E-state index is 0.0274. The molecule has 0 aliphatic carbocycles. The van der Waals surface area contributed by atoms with E-state index < -0.39 is 12.7 Å². The van der Waals surface area contributed by atoms with Gasteiger partial charge < -0.3 is 4.90 Å². The summed E-state index contributed by atoms with van der Waals surface area (Å²) in [5.41, 5.74) is 1.70. The third-order valence-electron chi connectivity index (χ3n) is 5.11. The predicted molar refractivity (Wildman–Crippen MR) is 88.4 cm³/mol. The first-order valence-corrected chi connectivity index (χ1v) is 8.78. The number of amides is 1. The van der Waals surface area contributed by atoms with Crippen molar-refractivity contribution in [2.75, 3.05) is 32.7 Å².